The molecule has 0 unspecified atom stereocenters. The van der Waals surface area contributed by atoms with Crippen LogP contribution in [-0.4, -0.2) is 54.6 Å². The van der Waals surface area contributed by atoms with Crippen molar-refractivity contribution in [1.82, 2.24) is 10.2 Å². The van der Waals surface area contributed by atoms with E-state index in [-0.39, 0.29) is 24.0 Å². The number of likely N-dealkylation sites (tertiary alicyclic amines) is 1. The number of nitrogens with zero attached hydrogens (tertiary/aromatic N) is 2. The lowest BCUT2D eigenvalue weighted by atomic mass is 10.0. The first kappa shape index (κ1) is 17.7. The van der Waals surface area contributed by atoms with Gasteiger partial charge in [0, 0.05) is 32.4 Å². The number of hydrogen-bond acceptors (Lipinski definition) is 5. The monoisotopic (exact) mass is 365 g/mol. The number of benzene rings is 2. The number of β-amino-alcohol motifs (C(OH)–C–C–N with tert-alkyl or cyclic N) is 1. The molecule has 6 nitrogen and oxygen atoms in total. The molecule has 2 aliphatic rings. The van der Waals surface area contributed by atoms with Crippen LogP contribution in [0.4, 0.5) is 5.69 Å². The van der Waals surface area contributed by atoms with Crippen molar-refractivity contribution >= 4 is 17.5 Å². The molecule has 0 bridgehead atoms. The normalized spacial score (nSPS) is 20.4. The summed E-state index contributed by atoms with van der Waals surface area (Å²) in [7, 11) is 2.00. The van der Waals surface area contributed by atoms with Gasteiger partial charge in [0.2, 0.25) is 0 Å². The number of amides is 2. The first-order valence-corrected chi connectivity index (χ1v) is 9.21. The summed E-state index contributed by atoms with van der Waals surface area (Å²) >= 11 is 0. The maximum Gasteiger partial charge on any atom is 0.259 e. The minimum absolute atomic E-state index is 0.0646. The highest BCUT2D eigenvalue weighted by Crippen LogP contribution is 2.30. The number of anilines is 1. The fraction of sp³-hybridized carbons (Fsp3) is 0.333. The zero-order valence-electron chi connectivity index (χ0n) is 15.3. The molecule has 140 valence electrons. The van der Waals surface area contributed by atoms with Crippen LogP contribution < -0.4 is 10.2 Å². The van der Waals surface area contributed by atoms with E-state index in [1.165, 1.54) is 5.56 Å². The van der Waals surface area contributed by atoms with Gasteiger partial charge < -0.3 is 10.0 Å². The van der Waals surface area contributed by atoms with E-state index >= 15 is 0 Å². The van der Waals surface area contributed by atoms with Gasteiger partial charge in [-0.15, -0.1) is 0 Å². The summed E-state index contributed by atoms with van der Waals surface area (Å²) in [5.41, 5.74) is 2.90. The summed E-state index contributed by atoms with van der Waals surface area (Å²) in [6, 6.07) is 15.7. The molecule has 27 heavy (non-hydrogen) atoms. The van der Waals surface area contributed by atoms with Gasteiger partial charge in [-0.05, 0) is 30.2 Å². The van der Waals surface area contributed by atoms with Gasteiger partial charge in [0.05, 0.1) is 23.3 Å². The number of hydrogen-bond donors (Lipinski definition) is 2. The van der Waals surface area contributed by atoms with E-state index in [2.05, 4.69) is 27.2 Å². The van der Waals surface area contributed by atoms with Crippen LogP contribution in [0, 0.1) is 0 Å². The summed E-state index contributed by atoms with van der Waals surface area (Å²) in [5.74, 6) is -0.681. The summed E-state index contributed by atoms with van der Waals surface area (Å²) in [5, 5.41) is 12.2. The van der Waals surface area contributed by atoms with Crippen molar-refractivity contribution in [3.8, 4) is 0 Å². The molecule has 2 aromatic rings. The Morgan fingerprint density at radius 1 is 1.15 bits per heavy atom. The average Bonchev–Trinajstić information content (AvgIpc) is 3.22. The van der Waals surface area contributed by atoms with Gasteiger partial charge >= 0.3 is 0 Å². The Balaban J connectivity index is 1.64. The first-order valence-electron chi connectivity index (χ1n) is 9.21. The number of likely N-dealkylation sites (N-methyl/N-ethyl adjacent to an activating group) is 1. The second-order valence-electron chi connectivity index (χ2n) is 7.25. The number of imide groups is 1. The Morgan fingerprint density at radius 3 is 2.59 bits per heavy atom. The van der Waals surface area contributed by atoms with Crippen LogP contribution in [-0.2, 0) is 0 Å². The van der Waals surface area contributed by atoms with E-state index < -0.39 is 0 Å². The lowest BCUT2D eigenvalue weighted by molar-refractivity contribution is 0.0879. The Labute approximate surface area is 158 Å². The van der Waals surface area contributed by atoms with E-state index in [0.29, 0.717) is 17.7 Å². The minimum Gasteiger partial charge on any atom is -0.392 e. The minimum atomic E-state index is -0.343. The van der Waals surface area contributed by atoms with Gasteiger partial charge in [-0.1, -0.05) is 30.3 Å². The quantitative estimate of drug-likeness (QED) is 0.791. The van der Waals surface area contributed by atoms with E-state index in [1.807, 2.05) is 31.3 Å². The third-order valence-corrected chi connectivity index (χ3v) is 5.46. The maximum absolute atomic E-state index is 12.0. The number of nitrogens with one attached hydrogen (secondary N) is 1. The molecule has 0 saturated carbocycles. The van der Waals surface area contributed by atoms with Crippen molar-refractivity contribution in [3.63, 3.8) is 0 Å². The summed E-state index contributed by atoms with van der Waals surface area (Å²) in [6.07, 6.45) is 0.535. The Bertz CT molecular complexity index is 868. The van der Waals surface area contributed by atoms with Gasteiger partial charge in [0.15, 0.2) is 0 Å². The molecule has 1 fully saturated rings. The molecule has 2 aromatic carbocycles. The number of fused-ring (bicyclic) bond motifs is 1. The lowest BCUT2D eigenvalue weighted by Crippen LogP contribution is -2.36. The summed E-state index contributed by atoms with van der Waals surface area (Å²) in [6.45, 7) is 2.33. The van der Waals surface area contributed by atoms with Gasteiger partial charge in [-0.2, -0.15) is 0 Å². The van der Waals surface area contributed by atoms with Crippen LogP contribution >= 0.6 is 0 Å². The molecular formula is C21H23N3O3. The van der Waals surface area contributed by atoms with Crippen molar-refractivity contribution in [2.75, 3.05) is 31.6 Å². The van der Waals surface area contributed by atoms with Crippen LogP contribution in [0.1, 0.15) is 38.7 Å². The molecule has 0 aliphatic carbocycles. The molecular weight excluding hydrogens is 342 g/mol. The first-order chi connectivity index (χ1) is 13.0. The largest absolute Gasteiger partial charge is 0.392 e. The molecule has 2 N–H and O–H groups in total. The lowest BCUT2D eigenvalue weighted by Gasteiger charge is -2.33. The average molecular weight is 365 g/mol. The highest BCUT2D eigenvalue weighted by Gasteiger charge is 2.29. The zero-order chi connectivity index (χ0) is 19.0. The third-order valence-electron chi connectivity index (χ3n) is 5.46. The van der Waals surface area contributed by atoms with Crippen LogP contribution in [0.15, 0.2) is 48.5 Å². The Morgan fingerprint density at radius 2 is 1.89 bits per heavy atom. The van der Waals surface area contributed by atoms with Crippen LogP contribution in [0.3, 0.4) is 0 Å². The van der Waals surface area contributed by atoms with Gasteiger partial charge in [0.1, 0.15) is 0 Å². The van der Waals surface area contributed by atoms with Crippen molar-refractivity contribution in [3.05, 3.63) is 65.2 Å². The summed E-state index contributed by atoms with van der Waals surface area (Å²) in [4.78, 5) is 28.2. The molecule has 2 aliphatic heterocycles. The second-order valence-corrected chi connectivity index (χ2v) is 7.25. The predicted octanol–water partition coefficient (Wildman–Crippen LogP) is 1.81. The number of aliphatic hydroxyl groups is 1. The van der Waals surface area contributed by atoms with Crippen LogP contribution in [0.5, 0.6) is 0 Å². The van der Waals surface area contributed by atoms with Crippen molar-refractivity contribution in [2.24, 2.45) is 0 Å². The fourth-order valence-electron chi connectivity index (χ4n) is 3.90. The SMILES string of the molecule is CN(c1ccc2c(c1)C(=O)NC2=O)[C@H](CN1CC[C@H](O)C1)c1ccccc1. The zero-order valence-corrected chi connectivity index (χ0v) is 15.3. The predicted molar refractivity (Wildman–Crippen MR) is 103 cm³/mol. The van der Waals surface area contributed by atoms with E-state index in [1.54, 1.807) is 12.1 Å². The highest BCUT2D eigenvalue weighted by molar-refractivity contribution is 6.21. The number of aliphatic hydroxyl groups excluding tert-OH is 1. The topological polar surface area (TPSA) is 72.9 Å². The molecule has 0 aromatic heterocycles. The second kappa shape index (κ2) is 7.13. The molecule has 0 spiro atoms. The molecule has 6 heteroatoms. The van der Waals surface area contributed by atoms with E-state index in [9.17, 15) is 14.7 Å². The smallest absolute Gasteiger partial charge is 0.259 e. The Hall–Kier alpha value is -2.70. The number of carbonyl (C=O) groups excluding carboxylic acids is 2. The van der Waals surface area contributed by atoms with Crippen LogP contribution in [0.2, 0.25) is 0 Å². The van der Waals surface area contributed by atoms with E-state index in [0.717, 1.165) is 25.2 Å². The maximum atomic E-state index is 12.0. The summed E-state index contributed by atoms with van der Waals surface area (Å²) < 4.78 is 0. The molecule has 0 radical (unpaired) electrons. The van der Waals surface area contributed by atoms with Crippen LogP contribution in [0.25, 0.3) is 0 Å². The van der Waals surface area contributed by atoms with Crippen molar-refractivity contribution in [2.45, 2.75) is 18.6 Å². The molecule has 4 rings (SSSR count). The van der Waals surface area contributed by atoms with Crippen molar-refractivity contribution < 1.29 is 14.7 Å². The van der Waals surface area contributed by atoms with E-state index in [4.69, 9.17) is 0 Å². The Kier molecular flexibility index (Phi) is 4.68. The van der Waals surface area contributed by atoms with Gasteiger partial charge in [0.25, 0.3) is 11.8 Å². The number of rotatable bonds is 5. The van der Waals surface area contributed by atoms with Gasteiger partial charge in [-0.25, -0.2) is 0 Å². The molecule has 1 saturated heterocycles. The fourth-order valence-corrected chi connectivity index (χ4v) is 3.90. The molecule has 2 amide bonds. The third kappa shape index (κ3) is 3.46. The van der Waals surface area contributed by atoms with Crippen molar-refractivity contribution in [1.29, 1.82) is 0 Å². The molecule has 2 heterocycles. The molecule has 2 atom stereocenters. The highest BCUT2D eigenvalue weighted by atomic mass is 16.3. The number of carbonyl (C=O) groups is 2. The standard InChI is InChI=1S/C21H23N3O3/c1-23(15-7-8-17-18(11-15)21(27)22-20(17)26)19(14-5-3-2-4-6-14)13-24-10-9-16(25)12-24/h2-8,11,16,19,25H,9-10,12-13H2,1H3,(H,22,26,27)/t16-,19+/m0/s1. The van der Waals surface area contributed by atoms with Gasteiger partial charge in [-0.3, -0.25) is 19.8 Å².